The van der Waals surface area contributed by atoms with E-state index in [4.69, 9.17) is 0 Å². The zero-order valence-corrected chi connectivity index (χ0v) is 18.1. The van der Waals surface area contributed by atoms with Crippen molar-refractivity contribution in [2.75, 3.05) is 18.0 Å². The molecule has 1 aromatic carbocycles. The van der Waals surface area contributed by atoms with Gasteiger partial charge in [-0.1, -0.05) is 6.07 Å². The first-order chi connectivity index (χ1) is 14.9. The number of carbonyl (C=O) groups is 3. The first-order valence-electron chi connectivity index (χ1n) is 10.5. The van der Waals surface area contributed by atoms with Crippen molar-refractivity contribution in [3.8, 4) is 0 Å². The van der Waals surface area contributed by atoms with Gasteiger partial charge in [-0.2, -0.15) is 0 Å². The van der Waals surface area contributed by atoms with E-state index in [9.17, 15) is 14.4 Å². The first kappa shape index (κ1) is 20.8. The van der Waals surface area contributed by atoms with E-state index < -0.39 is 0 Å². The van der Waals surface area contributed by atoms with E-state index in [1.807, 2.05) is 48.7 Å². The van der Waals surface area contributed by atoms with Crippen LogP contribution in [0.3, 0.4) is 0 Å². The molecule has 0 spiro atoms. The van der Waals surface area contributed by atoms with E-state index in [1.54, 1.807) is 17.9 Å². The molecule has 0 atom stereocenters. The van der Waals surface area contributed by atoms with E-state index in [0.717, 1.165) is 28.9 Å². The van der Waals surface area contributed by atoms with E-state index in [1.165, 1.54) is 0 Å². The number of benzene rings is 1. The van der Waals surface area contributed by atoms with Crippen molar-refractivity contribution in [2.24, 2.45) is 0 Å². The number of nitrogens with one attached hydrogen (secondary N) is 1. The molecule has 0 bridgehead atoms. The summed E-state index contributed by atoms with van der Waals surface area (Å²) in [5, 5.41) is 2.91. The molecule has 7 heteroatoms. The molecule has 1 aliphatic rings. The summed E-state index contributed by atoms with van der Waals surface area (Å²) >= 11 is 0. The number of anilines is 1. The molecule has 0 saturated carbocycles. The molecule has 1 aliphatic heterocycles. The standard InChI is InChI=1S/C24H26N4O3/c1-15-6-5-12-28-22(16(2)26-23(15)28)24(31)25-11-4-7-21(30)27-13-10-19-14-18(17(3)29)8-9-20(19)27/h5-6,8-9,12,14H,4,7,10-11,13H2,1-3H3,(H,25,31). The number of amides is 2. The van der Waals surface area contributed by atoms with E-state index in [-0.39, 0.29) is 17.6 Å². The number of rotatable bonds is 6. The molecule has 31 heavy (non-hydrogen) atoms. The fraction of sp³-hybridized carbons (Fsp3) is 0.333. The lowest BCUT2D eigenvalue weighted by molar-refractivity contribution is -0.118. The third-order valence-electron chi connectivity index (χ3n) is 5.77. The fourth-order valence-corrected chi connectivity index (χ4v) is 4.13. The Morgan fingerprint density at radius 3 is 2.74 bits per heavy atom. The van der Waals surface area contributed by atoms with E-state index in [0.29, 0.717) is 42.9 Å². The molecule has 4 rings (SSSR count). The van der Waals surface area contributed by atoms with Gasteiger partial charge >= 0.3 is 0 Å². The minimum atomic E-state index is -0.189. The SMILES string of the molecule is CC(=O)c1ccc2c(c1)CCN2C(=O)CCCNC(=O)c1c(C)nc2c(C)cccn12. The Kier molecular flexibility index (Phi) is 5.59. The summed E-state index contributed by atoms with van der Waals surface area (Å²) < 4.78 is 1.81. The number of Topliss-reactive ketones (excluding diaryl/α,β-unsaturated/α-hetero) is 1. The van der Waals surface area contributed by atoms with Crippen molar-refractivity contribution >= 4 is 28.9 Å². The van der Waals surface area contributed by atoms with Gasteiger partial charge in [-0.25, -0.2) is 4.98 Å². The molecule has 3 aromatic rings. The fourth-order valence-electron chi connectivity index (χ4n) is 4.13. The number of fused-ring (bicyclic) bond motifs is 2. The average Bonchev–Trinajstić information content (AvgIpc) is 3.31. The van der Waals surface area contributed by atoms with Crippen LogP contribution in [0.4, 0.5) is 5.69 Å². The number of pyridine rings is 1. The Morgan fingerprint density at radius 2 is 1.97 bits per heavy atom. The largest absolute Gasteiger partial charge is 0.351 e. The number of aryl methyl sites for hydroxylation is 2. The van der Waals surface area contributed by atoms with Gasteiger partial charge in [-0.05, 0) is 69.0 Å². The number of carbonyl (C=O) groups excluding carboxylic acids is 3. The summed E-state index contributed by atoms with van der Waals surface area (Å²) in [4.78, 5) is 43.2. The van der Waals surface area contributed by atoms with Crippen molar-refractivity contribution in [2.45, 2.75) is 40.0 Å². The highest BCUT2D eigenvalue weighted by molar-refractivity contribution is 5.98. The second-order valence-corrected chi connectivity index (χ2v) is 7.99. The molecule has 7 nitrogen and oxygen atoms in total. The van der Waals surface area contributed by atoms with Crippen molar-refractivity contribution in [1.82, 2.24) is 14.7 Å². The Balaban J connectivity index is 1.34. The quantitative estimate of drug-likeness (QED) is 0.492. The van der Waals surface area contributed by atoms with Crippen molar-refractivity contribution in [3.05, 3.63) is 64.6 Å². The Morgan fingerprint density at radius 1 is 1.16 bits per heavy atom. The average molecular weight is 418 g/mol. The van der Waals surface area contributed by atoms with Gasteiger partial charge in [-0.15, -0.1) is 0 Å². The van der Waals surface area contributed by atoms with Crippen LogP contribution < -0.4 is 10.2 Å². The maximum Gasteiger partial charge on any atom is 0.270 e. The van der Waals surface area contributed by atoms with Gasteiger partial charge in [0.2, 0.25) is 5.91 Å². The maximum absolute atomic E-state index is 12.7. The Hall–Kier alpha value is -3.48. The highest BCUT2D eigenvalue weighted by Gasteiger charge is 2.25. The van der Waals surface area contributed by atoms with Crippen LogP contribution in [0.5, 0.6) is 0 Å². The van der Waals surface area contributed by atoms with Crippen LogP contribution in [-0.2, 0) is 11.2 Å². The van der Waals surface area contributed by atoms with Crippen LogP contribution in [-0.4, -0.2) is 40.1 Å². The Bertz CT molecular complexity index is 1190. The molecule has 0 fully saturated rings. The summed E-state index contributed by atoms with van der Waals surface area (Å²) in [5.74, 6) is -0.129. The summed E-state index contributed by atoms with van der Waals surface area (Å²) in [6.07, 6.45) is 3.49. The number of nitrogens with zero attached hydrogens (tertiary/aromatic N) is 3. The van der Waals surface area contributed by atoms with Gasteiger partial charge < -0.3 is 10.2 Å². The first-order valence-corrected chi connectivity index (χ1v) is 10.5. The number of imidazole rings is 1. The highest BCUT2D eigenvalue weighted by atomic mass is 16.2. The molecule has 0 unspecified atom stereocenters. The molecule has 0 radical (unpaired) electrons. The number of ketones is 1. The highest BCUT2D eigenvalue weighted by Crippen LogP contribution is 2.29. The van der Waals surface area contributed by atoms with Gasteiger partial charge in [0, 0.05) is 37.0 Å². The minimum Gasteiger partial charge on any atom is -0.351 e. The molecule has 3 heterocycles. The topological polar surface area (TPSA) is 83.8 Å². The zero-order valence-electron chi connectivity index (χ0n) is 18.1. The summed E-state index contributed by atoms with van der Waals surface area (Å²) in [5.41, 5.74) is 5.59. The zero-order chi connectivity index (χ0) is 22.1. The normalized spacial score (nSPS) is 12.8. The van der Waals surface area contributed by atoms with Crippen molar-refractivity contribution in [1.29, 1.82) is 0 Å². The molecule has 0 aliphatic carbocycles. The molecule has 0 saturated heterocycles. The summed E-state index contributed by atoms with van der Waals surface area (Å²) in [6.45, 7) is 6.37. The second-order valence-electron chi connectivity index (χ2n) is 7.99. The predicted octanol–water partition coefficient (Wildman–Crippen LogP) is 3.25. The molecule has 2 amide bonds. The monoisotopic (exact) mass is 418 g/mol. The molecular weight excluding hydrogens is 392 g/mol. The molecular formula is C24H26N4O3. The van der Waals surface area contributed by atoms with Gasteiger partial charge in [0.25, 0.3) is 5.91 Å². The van der Waals surface area contributed by atoms with Crippen molar-refractivity contribution in [3.63, 3.8) is 0 Å². The predicted molar refractivity (Wildman–Crippen MR) is 119 cm³/mol. The number of hydrogen-bond donors (Lipinski definition) is 1. The van der Waals surface area contributed by atoms with Crippen LogP contribution in [0, 0.1) is 13.8 Å². The van der Waals surface area contributed by atoms with Crippen LogP contribution in [0.15, 0.2) is 36.5 Å². The number of hydrogen-bond acceptors (Lipinski definition) is 4. The van der Waals surface area contributed by atoms with E-state index in [2.05, 4.69) is 10.3 Å². The van der Waals surface area contributed by atoms with Crippen molar-refractivity contribution < 1.29 is 14.4 Å². The lowest BCUT2D eigenvalue weighted by Gasteiger charge is -2.17. The third-order valence-corrected chi connectivity index (χ3v) is 5.77. The Labute approximate surface area is 181 Å². The maximum atomic E-state index is 12.7. The smallest absolute Gasteiger partial charge is 0.270 e. The number of aromatic nitrogens is 2. The molecule has 1 N–H and O–H groups in total. The van der Waals surface area contributed by atoms with Crippen LogP contribution in [0.1, 0.15) is 57.4 Å². The van der Waals surface area contributed by atoms with Gasteiger partial charge in [-0.3, -0.25) is 18.8 Å². The van der Waals surface area contributed by atoms with Crippen LogP contribution >= 0.6 is 0 Å². The van der Waals surface area contributed by atoms with Gasteiger partial charge in [0.1, 0.15) is 11.3 Å². The van der Waals surface area contributed by atoms with E-state index >= 15 is 0 Å². The summed E-state index contributed by atoms with van der Waals surface area (Å²) in [7, 11) is 0. The third kappa shape index (κ3) is 3.95. The molecule has 2 aromatic heterocycles. The second kappa shape index (κ2) is 8.34. The lowest BCUT2D eigenvalue weighted by Crippen LogP contribution is -2.31. The van der Waals surface area contributed by atoms with Gasteiger partial charge in [0.05, 0.1) is 5.69 Å². The van der Waals surface area contributed by atoms with Crippen LogP contribution in [0.25, 0.3) is 5.65 Å². The molecule has 160 valence electrons. The van der Waals surface area contributed by atoms with Gasteiger partial charge in [0.15, 0.2) is 5.78 Å². The summed E-state index contributed by atoms with van der Waals surface area (Å²) in [6, 6.07) is 9.37. The lowest BCUT2D eigenvalue weighted by atomic mass is 10.1. The van der Waals surface area contributed by atoms with Crippen LogP contribution in [0.2, 0.25) is 0 Å². The minimum absolute atomic E-state index is 0.0275.